The van der Waals surface area contributed by atoms with E-state index in [9.17, 15) is 18.0 Å². The van der Waals surface area contributed by atoms with E-state index in [-0.39, 0.29) is 23.2 Å². The van der Waals surface area contributed by atoms with E-state index in [0.717, 1.165) is 34.5 Å². The Bertz CT molecular complexity index is 1160. The van der Waals surface area contributed by atoms with Gasteiger partial charge in [-0.25, -0.2) is 8.42 Å². The molecule has 0 aliphatic rings. The van der Waals surface area contributed by atoms with E-state index < -0.39 is 28.5 Å². The zero-order valence-corrected chi connectivity index (χ0v) is 23.2. The fourth-order valence-electron chi connectivity index (χ4n) is 3.82. The van der Waals surface area contributed by atoms with Crippen molar-refractivity contribution in [3.63, 3.8) is 0 Å². The van der Waals surface area contributed by atoms with Gasteiger partial charge in [0.1, 0.15) is 18.3 Å². The fraction of sp³-hybridized carbons (Fsp3) is 0.462. The normalized spacial score (nSPS) is 12.1. The molecule has 0 spiro atoms. The summed E-state index contributed by atoms with van der Waals surface area (Å²) in [6, 6.07) is 11.4. The van der Waals surface area contributed by atoms with Crippen molar-refractivity contribution >= 4 is 39.1 Å². The molecule has 2 amide bonds. The first-order valence-electron chi connectivity index (χ1n) is 12.0. The Kier molecular flexibility index (Phi) is 11.0. The zero-order chi connectivity index (χ0) is 26.9. The number of halogens is 1. The maximum absolute atomic E-state index is 13.7. The van der Waals surface area contributed by atoms with Crippen LogP contribution in [0, 0.1) is 6.92 Å². The van der Waals surface area contributed by atoms with E-state index in [0.29, 0.717) is 18.7 Å². The van der Waals surface area contributed by atoms with Gasteiger partial charge in [0, 0.05) is 13.1 Å². The fourth-order valence-corrected chi connectivity index (χ4v) is 4.91. The third kappa shape index (κ3) is 7.86. The minimum absolute atomic E-state index is 0.173. The van der Waals surface area contributed by atoms with E-state index in [2.05, 4.69) is 5.32 Å². The number of hydrogen-bond acceptors (Lipinski definition) is 5. The highest BCUT2D eigenvalue weighted by Crippen LogP contribution is 2.30. The monoisotopic (exact) mass is 537 g/mol. The molecule has 0 heterocycles. The molecule has 0 aliphatic carbocycles. The largest absolute Gasteiger partial charge is 0.495 e. The number of benzene rings is 2. The Balaban J connectivity index is 2.44. The van der Waals surface area contributed by atoms with Gasteiger partial charge in [-0.05, 0) is 49.1 Å². The second-order valence-electron chi connectivity index (χ2n) is 8.61. The third-order valence-electron chi connectivity index (χ3n) is 5.92. The number of methoxy groups -OCH3 is 1. The molecule has 0 aromatic heterocycles. The highest BCUT2D eigenvalue weighted by atomic mass is 35.5. The molecule has 0 saturated heterocycles. The molecule has 1 N–H and O–H groups in total. The average molecular weight is 538 g/mol. The van der Waals surface area contributed by atoms with E-state index >= 15 is 0 Å². The van der Waals surface area contributed by atoms with Crippen molar-refractivity contribution in [3.05, 3.63) is 58.6 Å². The number of rotatable bonds is 13. The van der Waals surface area contributed by atoms with Crippen molar-refractivity contribution in [1.29, 1.82) is 0 Å². The average Bonchev–Trinajstić information content (AvgIpc) is 2.82. The van der Waals surface area contributed by atoms with Crippen LogP contribution < -0.4 is 14.4 Å². The number of carbonyl (C=O) groups excluding carboxylic acids is 2. The zero-order valence-electron chi connectivity index (χ0n) is 21.6. The Labute approximate surface area is 219 Å². The SMILES string of the molecule is CCCCNC(=O)[C@H](CC)N(Cc1ccccc1C)C(=O)CN(c1ccc(OC)c(Cl)c1)S(C)(=O)=O. The number of hydrogen-bond donors (Lipinski definition) is 1. The van der Waals surface area contributed by atoms with Crippen molar-refractivity contribution < 1.29 is 22.7 Å². The molecule has 0 radical (unpaired) electrons. The summed E-state index contributed by atoms with van der Waals surface area (Å²) in [6.07, 6.45) is 3.16. The molecule has 0 saturated carbocycles. The number of amides is 2. The van der Waals surface area contributed by atoms with Gasteiger partial charge in [0.2, 0.25) is 21.8 Å². The van der Waals surface area contributed by atoms with Crippen LogP contribution in [0.4, 0.5) is 5.69 Å². The number of anilines is 1. The molecule has 2 aromatic rings. The van der Waals surface area contributed by atoms with Crippen LogP contribution in [0.25, 0.3) is 0 Å². The van der Waals surface area contributed by atoms with Crippen LogP contribution in [-0.2, 0) is 26.2 Å². The summed E-state index contributed by atoms with van der Waals surface area (Å²) in [4.78, 5) is 28.2. The van der Waals surface area contributed by atoms with Crippen LogP contribution in [0.1, 0.15) is 44.2 Å². The van der Waals surface area contributed by atoms with Gasteiger partial charge in [-0.2, -0.15) is 0 Å². The predicted molar refractivity (Wildman–Crippen MR) is 144 cm³/mol. The maximum atomic E-state index is 13.7. The number of nitrogens with one attached hydrogen (secondary N) is 1. The molecular formula is C26H36ClN3O5S. The van der Waals surface area contributed by atoms with Crippen LogP contribution >= 0.6 is 11.6 Å². The smallest absolute Gasteiger partial charge is 0.244 e. The van der Waals surface area contributed by atoms with Gasteiger partial charge >= 0.3 is 0 Å². The van der Waals surface area contributed by atoms with Gasteiger partial charge in [-0.3, -0.25) is 13.9 Å². The van der Waals surface area contributed by atoms with E-state index in [4.69, 9.17) is 16.3 Å². The maximum Gasteiger partial charge on any atom is 0.244 e. The van der Waals surface area contributed by atoms with Gasteiger partial charge < -0.3 is 15.0 Å². The molecule has 1 atom stereocenters. The number of sulfonamides is 1. The lowest BCUT2D eigenvalue weighted by Crippen LogP contribution is -2.52. The molecule has 36 heavy (non-hydrogen) atoms. The van der Waals surface area contributed by atoms with Crippen molar-refractivity contribution in [1.82, 2.24) is 10.2 Å². The molecule has 10 heteroatoms. The van der Waals surface area contributed by atoms with Crippen molar-refractivity contribution in [2.24, 2.45) is 0 Å². The van der Waals surface area contributed by atoms with Gasteiger partial charge in [0.25, 0.3) is 0 Å². The van der Waals surface area contributed by atoms with Crippen molar-refractivity contribution in [3.8, 4) is 5.75 Å². The standard InChI is InChI=1S/C26H36ClN3O5S/c1-6-8-15-28-26(32)23(7-2)29(17-20-12-10-9-11-19(20)3)25(31)18-30(36(5,33)34)21-13-14-24(35-4)22(27)16-21/h9-14,16,23H,6-8,15,17-18H2,1-5H3,(H,28,32)/t23-/m0/s1. The number of carbonyl (C=O) groups is 2. The van der Waals surface area contributed by atoms with Gasteiger partial charge in [-0.15, -0.1) is 0 Å². The van der Waals surface area contributed by atoms with Crippen molar-refractivity contribution in [2.75, 3.05) is 30.8 Å². The molecule has 0 fully saturated rings. The van der Waals surface area contributed by atoms with Crippen LogP contribution in [0.3, 0.4) is 0 Å². The molecule has 198 valence electrons. The molecule has 2 rings (SSSR count). The molecule has 0 unspecified atom stereocenters. The Morgan fingerprint density at radius 3 is 2.39 bits per heavy atom. The number of aryl methyl sites for hydroxylation is 1. The summed E-state index contributed by atoms with van der Waals surface area (Å²) in [5.41, 5.74) is 2.08. The van der Waals surface area contributed by atoms with Crippen molar-refractivity contribution in [2.45, 2.75) is 52.6 Å². The first kappa shape index (κ1) is 29.5. The van der Waals surface area contributed by atoms with Gasteiger partial charge in [0.15, 0.2) is 0 Å². The van der Waals surface area contributed by atoms with E-state index in [1.54, 1.807) is 6.07 Å². The highest BCUT2D eigenvalue weighted by Gasteiger charge is 2.32. The first-order valence-corrected chi connectivity index (χ1v) is 14.2. The molecule has 2 aromatic carbocycles. The minimum atomic E-state index is -3.85. The minimum Gasteiger partial charge on any atom is -0.495 e. The lowest BCUT2D eigenvalue weighted by molar-refractivity contribution is -0.140. The van der Waals surface area contributed by atoms with Crippen LogP contribution in [0.5, 0.6) is 5.75 Å². The number of nitrogens with zero attached hydrogens (tertiary/aromatic N) is 2. The number of ether oxygens (including phenoxy) is 1. The topological polar surface area (TPSA) is 96.0 Å². The molecule has 8 nitrogen and oxygen atoms in total. The molecule has 0 aliphatic heterocycles. The summed E-state index contributed by atoms with van der Waals surface area (Å²) < 4.78 is 31.6. The second kappa shape index (κ2) is 13.5. The third-order valence-corrected chi connectivity index (χ3v) is 7.36. The van der Waals surface area contributed by atoms with E-state index in [1.807, 2.05) is 45.0 Å². The molecular weight excluding hydrogens is 502 g/mol. The Hall–Kier alpha value is -2.78. The summed E-state index contributed by atoms with van der Waals surface area (Å²) in [5.74, 6) is -0.365. The van der Waals surface area contributed by atoms with Crippen LogP contribution in [-0.4, -0.2) is 57.6 Å². The highest BCUT2D eigenvalue weighted by molar-refractivity contribution is 7.92. The predicted octanol–water partition coefficient (Wildman–Crippen LogP) is 4.15. The van der Waals surface area contributed by atoms with Gasteiger partial charge in [-0.1, -0.05) is 56.1 Å². The van der Waals surface area contributed by atoms with Gasteiger partial charge in [0.05, 0.1) is 24.1 Å². The lowest BCUT2D eigenvalue weighted by Gasteiger charge is -2.33. The summed E-state index contributed by atoms with van der Waals surface area (Å²) in [7, 11) is -2.39. The lowest BCUT2D eigenvalue weighted by atomic mass is 10.1. The summed E-state index contributed by atoms with van der Waals surface area (Å²) in [6.45, 7) is 6.00. The van der Waals surface area contributed by atoms with Crippen LogP contribution in [0.2, 0.25) is 5.02 Å². The Morgan fingerprint density at radius 2 is 1.83 bits per heavy atom. The van der Waals surface area contributed by atoms with Crippen LogP contribution in [0.15, 0.2) is 42.5 Å². The molecule has 0 bridgehead atoms. The second-order valence-corrected chi connectivity index (χ2v) is 10.9. The summed E-state index contributed by atoms with van der Waals surface area (Å²) in [5, 5.41) is 3.13. The quantitative estimate of drug-likeness (QED) is 0.387. The summed E-state index contributed by atoms with van der Waals surface area (Å²) >= 11 is 6.23. The number of unbranched alkanes of at least 4 members (excludes halogenated alkanes) is 1. The van der Waals surface area contributed by atoms with E-state index in [1.165, 1.54) is 24.1 Å². The Morgan fingerprint density at radius 1 is 1.14 bits per heavy atom. The first-order chi connectivity index (χ1) is 17.0.